The average molecular weight is 263 g/mol. The molecule has 0 atom stereocenters. The van der Waals surface area contributed by atoms with E-state index in [1.165, 1.54) is 12.1 Å². The van der Waals surface area contributed by atoms with E-state index in [1.54, 1.807) is 17.8 Å². The molecule has 0 saturated carbocycles. The van der Waals surface area contributed by atoms with Crippen molar-refractivity contribution >= 4 is 11.8 Å². The highest BCUT2D eigenvalue weighted by atomic mass is 32.2. The molecule has 0 spiro atoms. The first kappa shape index (κ1) is 14.4. The lowest BCUT2D eigenvalue weighted by Gasteiger charge is -2.21. The summed E-state index contributed by atoms with van der Waals surface area (Å²) in [6.45, 7) is 4.45. The zero-order valence-electron chi connectivity index (χ0n) is 9.84. The summed E-state index contributed by atoms with van der Waals surface area (Å²) >= 11 is 1.56. The zero-order valence-corrected chi connectivity index (χ0v) is 10.7. The van der Waals surface area contributed by atoms with Crippen molar-refractivity contribution in [3.05, 3.63) is 35.4 Å². The topological polar surface area (TPSA) is 26.0 Å². The van der Waals surface area contributed by atoms with Crippen LogP contribution in [0.1, 0.15) is 25.0 Å². The van der Waals surface area contributed by atoms with Crippen LogP contribution in [-0.4, -0.2) is 11.3 Å². The highest BCUT2D eigenvalue weighted by Crippen LogP contribution is 2.32. The summed E-state index contributed by atoms with van der Waals surface area (Å²) in [7, 11) is 0. The predicted octanol–water partition coefficient (Wildman–Crippen LogP) is 3.68. The molecule has 0 amide bonds. The average Bonchev–Trinajstić information content (AvgIpc) is 2.26. The number of alkyl halides is 3. The SMILES string of the molecule is CC(C)(CN)SCc1cccc(C(F)(F)F)c1. The van der Waals surface area contributed by atoms with Crippen molar-refractivity contribution in [3.63, 3.8) is 0 Å². The summed E-state index contributed by atoms with van der Waals surface area (Å²) in [5, 5.41) is 0. The summed E-state index contributed by atoms with van der Waals surface area (Å²) < 4.78 is 37.3. The maximum absolute atomic E-state index is 12.5. The van der Waals surface area contributed by atoms with Crippen LogP contribution in [-0.2, 0) is 11.9 Å². The van der Waals surface area contributed by atoms with Gasteiger partial charge in [0.05, 0.1) is 5.56 Å². The molecule has 1 aromatic carbocycles. The Kier molecular flexibility index (Phi) is 4.49. The standard InChI is InChI=1S/C12H16F3NS/c1-11(2,8-16)17-7-9-4-3-5-10(6-9)12(13,14)15/h3-6H,7-8,16H2,1-2H3. The molecule has 0 heterocycles. The van der Waals surface area contributed by atoms with Gasteiger partial charge in [-0.2, -0.15) is 13.2 Å². The van der Waals surface area contributed by atoms with Gasteiger partial charge in [-0.3, -0.25) is 0 Å². The Morgan fingerprint density at radius 3 is 2.41 bits per heavy atom. The first-order valence-electron chi connectivity index (χ1n) is 5.25. The third-order valence-electron chi connectivity index (χ3n) is 2.38. The van der Waals surface area contributed by atoms with E-state index in [-0.39, 0.29) is 4.75 Å². The van der Waals surface area contributed by atoms with Crippen molar-refractivity contribution in [1.82, 2.24) is 0 Å². The van der Waals surface area contributed by atoms with Crippen molar-refractivity contribution in [2.75, 3.05) is 6.54 Å². The van der Waals surface area contributed by atoms with Crippen molar-refractivity contribution < 1.29 is 13.2 Å². The second-order valence-electron chi connectivity index (χ2n) is 4.45. The van der Waals surface area contributed by atoms with Crippen LogP contribution in [0.15, 0.2) is 24.3 Å². The van der Waals surface area contributed by atoms with Crippen molar-refractivity contribution in [2.45, 2.75) is 30.5 Å². The second kappa shape index (κ2) is 5.31. The van der Waals surface area contributed by atoms with E-state index in [0.29, 0.717) is 17.9 Å². The molecule has 0 aliphatic rings. The highest BCUT2D eigenvalue weighted by molar-refractivity contribution is 7.99. The molecule has 0 aromatic heterocycles. The van der Waals surface area contributed by atoms with E-state index in [1.807, 2.05) is 13.8 Å². The molecule has 5 heteroatoms. The smallest absolute Gasteiger partial charge is 0.329 e. The summed E-state index contributed by atoms with van der Waals surface area (Å²) in [5.74, 6) is 0.536. The minimum atomic E-state index is -4.27. The van der Waals surface area contributed by atoms with Gasteiger partial charge < -0.3 is 5.73 Å². The Bertz CT molecular complexity index is 374. The fourth-order valence-electron chi connectivity index (χ4n) is 1.18. The number of benzene rings is 1. The van der Waals surface area contributed by atoms with Gasteiger partial charge in [0.1, 0.15) is 0 Å². The third kappa shape index (κ3) is 4.60. The van der Waals surface area contributed by atoms with Gasteiger partial charge in [0.2, 0.25) is 0 Å². The van der Waals surface area contributed by atoms with Crippen LogP contribution < -0.4 is 5.73 Å². The van der Waals surface area contributed by atoms with Gasteiger partial charge >= 0.3 is 6.18 Å². The molecule has 1 aromatic rings. The summed E-state index contributed by atoms with van der Waals surface area (Å²) in [6, 6.07) is 5.42. The lowest BCUT2D eigenvalue weighted by atomic mass is 10.1. The number of rotatable bonds is 4. The van der Waals surface area contributed by atoms with Crippen LogP contribution in [0.25, 0.3) is 0 Å². The highest BCUT2D eigenvalue weighted by Gasteiger charge is 2.30. The van der Waals surface area contributed by atoms with Crippen LogP contribution in [0.2, 0.25) is 0 Å². The quantitative estimate of drug-likeness (QED) is 0.896. The maximum atomic E-state index is 12.5. The Labute approximate surface area is 104 Å². The van der Waals surface area contributed by atoms with Gasteiger partial charge in [-0.05, 0) is 25.5 Å². The molecule has 0 radical (unpaired) electrons. The molecule has 0 bridgehead atoms. The molecule has 1 rings (SSSR count). The van der Waals surface area contributed by atoms with E-state index in [2.05, 4.69) is 0 Å². The van der Waals surface area contributed by atoms with Crippen LogP contribution in [0.4, 0.5) is 13.2 Å². The van der Waals surface area contributed by atoms with Gasteiger partial charge in [-0.1, -0.05) is 18.2 Å². The lowest BCUT2D eigenvalue weighted by molar-refractivity contribution is -0.137. The number of nitrogens with two attached hydrogens (primary N) is 1. The fraction of sp³-hybridized carbons (Fsp3) is 0.500. The number of hydrogen-bond donors (Lipinski definition) is 1. The predicted molar refractivity (Wildman–Crippen MR) is 65.9 cm³/mol. The summed E-state index contributed by atoms with van der Waals surface area (Å²) in [4.78, 5) is 0. The molecule has 96 valence electrons. The summed E-state index contributed by atoms with van der Waals surface area (Å²) in [5.41, 5.74) is 5.65. The molecular formula is C12H16F3NS. The van der Waals surface area contributed by atoms with E-state index >= 15 is 0 Å². The molecule has 0 aliphatic heterocycles. The monoisotopic (exact) mass is 263 g/mol. The normalized spacial score (nSPS) is 12.8. The second-order valence-corrected chi connectivity index (χ2v) is 6.13. The van der Waals surface area contributed by atoms with Crippen molar-refractivity contribution in [2.24, 2.45) is 5.73 Å². The van der Waals surface area contributed by atoms with Crippen molar-refractivity contribution in [3.8, 4) is 0 Å². The molecule has 0 saturated heterocycles. The van der Waals surface area contributed by atoms with E-state index < -0.39 is 11.7 Å². The molecule has 2 N–H and O–H groups in total. The number of thioether (sulfide) groups is 1. The summed E-state index contributed by atoms with van der Waals surface area (Å²) in [6.07, 6.45) is -4.27. The van der Waals surface area contributed by atoms with E-state index in [0.717, 1.165) is 6.07 Å². The van der Waals surface area contributed by atoms with Gasteiger partial charge in [0, 0.05) is 17.0 Å². The van der Waals surface area contributed by atoms with Gasteiger partial charge in [-0.15, -0.1) is 11.8 Å². The molecule has 1 nitrogen and oxygen atoms in total. The lowest BCUT2D eigenvalue weighted by Crippen LogP contribution is -2.26. The Morgan fingerprint density at radius 2 is 1.88 bits per heavy atom. The first-order chi connectivity index (χ1) is 7.74. The van der Waals surface area contributed by atoms with Crippen LogP contribution in [0, 0.1) is 0 Å². The maximum Gasteiger partial charge on any atom is 0.416 e. The molecule has 0 aliphatic carbocycles. The Hall–Kier alpha value is -0.680. The Morgan fingerprint density at radius 1 is 1.24 bits per heavy atom. The van der Waals surface area contributed by atoms with Gasteiger partial charge in [0.15, 0.2) is 0 Å². The zero-order chi connectivity index (χ0) is 13.1. The largest absolute Gasteiger partial charge is 0.416 e. The molecule has 0 fully saturated rings. The van der Waals surface area contributed by atoms with Crippen LogP contribution in [0.3, 0.4) is 0 Å². The van der Waals surface area contributed by atoms with Crippen LogP contribution in [0.5, 0.6) is 0 Å². The molecule has 0 unspecified atom stereocenters. The minimum absolute atomic E-state index is 0.117. The molecular weight excluding hydrogens is 247 g/mol. The molecule has 17 heavy (non-hydrogen) atoms. The van der Waals surface area contributed by atoms with E-state index in [9.17, 15) is 13.2 Å². The Balaban J connectivity index is 2.74. The fourth-order valence-corrected chi connectivity index (χ4v) is 2.03. The minimum Gasteiger partial charge on any atom is -0.329 e. The number of hydrogen-bond acceptors (Lipinski definition) is 2. The third-order valence-corrected chi connectivity index (χ3v) is 3.80. The van der Waals surface area contributed by atoms with E-state index in [4.69, 9.17) is 5.73 Å². The van der Waals surface area contributed by atoms with Crippen LogP contribution >= 0.6 is 11.8 Å². The van der Waals surface area contributed by atoms with Gasteiger partial charge in [0.25, 0.3) is 0 Å². The van der Waals surface area contributed by atoms with Gasteiger partial charge in [-0.25, -0.2) is 0 Å². The first-order valence-corrected chi connectivity index (χ1v) is 6.23. The van der Waals surface area contributed by atoms with Crippen molar-refractivity contribution in [1.29, 1.82) is 0 Å². The number of halogens is 3.